The van der Waals surface area contributed by atoms with Crippen molar-refractivity contribution in [3.8, 4) is 0 Å². The summed E-state index contributed by atoms with van der Waals surface area (Å²) in [5.41, 5.74) is 1.14. The van der Waals surface area contributed by atoms with Crippen molar-refractivity contribution in [2.75, 3.05) is 24.3 Å². The predicted octanol–water partition coefficient (Wildman–Crippen LogP) is 2.03. The first kappa shape index (κ1) is 15.0. The smallest absolute Gasteiger partial charge is 0.227 e. The highest BCUT2D eigenvalue weighted by Gasteiger charge is 2.30. The molecule has 0 spiro atoms. The molecule has 1 atom stereocenters. The van der Waals surface area contributed by atoms with Gasteiger partial charge < -0.3 is 10.0 Å². The lowest BCUT2D eigenvalue weighted by Crippen LogP contribution is -2.25. The zero-order valence-electron chi connectivity index (χ0n) is 10.6. The van der Waals surface area contributed by atoms with E-state index in [1.54, 1.807) is 25.3 Å². The van der Waals surface area contributed by atoms with Gasteiger partial charge >= 0.3 is 0 Å². The number of aliphatic hydroxyl groups excluding tert-OH is 1. The standard InChI is InChI=1S/C12H14FNO2.CH4S/c1-8-2-3-10(5-11(8)13)14-6-9(7-15)4-12(14)16;1-2/h2-3,5,9,15H,4,6-7H2,1H3;2H,1H3. The SMILES string of the molecule is CS.Cc1ccc(N2CC(CO)CC2=O)cc1F. The largest absolute Gasteiger partial charge is 0.396 e. The normalized spacial score (nSPS) is 18.6. The lowest BCUT2D eigenvalue weighted by atomic mass is 10.1. The number of carbonyl (C=O) groups is 1. The summed E-state index contributed by atoms with van der Waals surface area (Å²) in [7, 11) is 0. The highest BCUT2D eigenvalue weighted by atomic mass is 32.1. The van der Waals surface area contributed by atoms with Crippen LogP contribution >= 0.6 is 12.6 Å². The van der Waals surface area contributed by atoms with Crippen LogP contribution in [0.2, 0.25) is 0 Å². The molecule has 0 aliphatic carbocycles. The maximum Gasteiger partial charge on any atom is 0.227 e. The third-order valence-corrected chi connectivity index (χ3v) is 2.93. The van der Waals surface area contributed by atoms with E-state index in [9.17, 15) is 9.18 Å². The van der Waals surface area contributed by atoms with Gasteiger partial charge in [-0.1, -0.05) is 6.07 Å². The van der Waals surface area contributed by atoms with E-state index in [1.807, 2.05) is 0 Å². The molecule has 18 heavy (non-hydrogen) atoms. The van der Waals surface area contributed by atoms with Gasteiger partial charge in [-0.05, 0) is 30.9 Å². The van der Waals surface area contributed by atoms with E-state index in [0.717, 1.165) is 0 Å². The fourth-order valence-electron chi connectivity index (χ4n) is 1.90. The first-order chi connectivity index (χ1) is 8.61. The molecule has 0 saturated carbocycles. The Kier molecular flexibility index (Phi) is 5.62. The molecule has 1 amide bonds. The van der Waals surface area contributed by atoms with E-state index < -0.39 is 0 Å². The van der Waals surface area contributed by atoms with Crippen LogP contribution in [0.15, 0.2) is 18.2 Å². The first-order valence-electron chi connectivity index (χ1n) is 5.74. The van der Waals surface area contributed by atoms with Gasteiger partial charge in [-0.2, -0.15) is 12.6 Å². The van der Waals surface area contributed by atoms with Gasteiger partial charge in [0.05, 0.1) is 0 Å². The molecule has 1 saturated heterocycles. The highest BCUT2D eigenvalue weighted by molar-refractivity contribution is 7.79. The molecule has 0 radical (unpaired) electrons. The number of hydrogen-bond acceptors (Lipinski definition) is 3. The Morgan fingerprint density at radius 1 is 1.50 bits per heavy atom. The van der Waals surface area contributed by atoms with Crippen LogP contribution in [0.25, 0.3) is 0 Å². The average molecular weight is 271 g/mol. The van der Waals surface area contributed by atoms with Gasteiger partial charge in [-0.25, -0.2) is 4.39 Å². The number of rotatable bonds is 2. The van der Waals surface area contributed by atoms with Crippen molar-refractivity contribution in [3.05, 3.63) is 29.6 Å². The molecule has 2 rings (SSSR count). The molecule has 3 nitrogen and oxygen atoms in total. The summed E-state index contributed by atoms with van der Waals surface area (Å²) in [5.74, 6) is -0.392. The number of aliphatic hydroxyl groups is 1. The Hall–Kier alpha value is -1.07. The molecule has 0 aromatic heterocycles. The summed E-state index contributed by atoms with van der Waals surface area (Å²) in [6.07, 6.45) is 2.03. The Balaban J connectivity index is 0.000000771. The number of halogens is 1. The second kappa shape index (κ2) is 6.75. The lowest BCUT2D eigenvalue weighted by molar-refractivity contribution is -0.117. The number of benzene rings is 1. The average Bonchev–Trinajstić information content (AvgIpc) is 2.77. The van der Waals surface area contributed by atoms with Gasteiger partial charge in [0.2, 0.25) is 5.91 Å². The number of nitrogens with zero attached hydrogens (tertiary/aromatic N) is 1. The first-order valence-corrected chi connectivity index (χ1v) is 6.63. The van der Waals surface area contributed by atoms with Crippen LogP contribution in [0, 0.1) is 18.7 Å². The van der Waals surface area contributed by atoms with Gasteiger partial charge in [-0.3, -0.25) is 4.79 Å². The van der Waals surface area contributed by atoms with Gasteiger partial charge in [-0.15, -0.1) is 0 Å². The molecule has 100 valence electrons. The number of hydrogen-bond donors (Lipinski definition) is 2. The highest BCUT2D eigenvalue weighted by Crippen LogP contribution is 2.26. The van der Waals surface area contributed by atoms with Crippen molar-refractivity contribution in [1.82, 2.24) is 0 Å². The van der Waals surface area contributed by atoms with Crippen LogP contribution in [-0.2, 0) is 4.79 Å². The van der Waals surface area contributed by atoms with Crippen LogP contribution in [0.5, 0.6) is 0 Å². The molecule has 1 heterocycles. The predicted molar refractivity (Wildman–Crippen MR) is 73.6 cm³/mol. The van der Waals surface area contributed by atoms with Gasteiger partial charge in [0.15, 0.2) is 0 Å². The van der Waals surface area contributed by atoms with E-state index in [-0.39, 0.29) is 24.2 Å². The molecular weight excluding hydrogens is 253 g/mol. The Labute approximate surface area is 112 Å². The number of carbonyl (C=O) groups excluding carboxylic acids is 1. The van der Waals surface area contributed by atoms with E-state index in [4.69, 9.17) is 5.11 Å². The van der Waals surface area contributed by atoms with Crippen LogP contribution in [0.4, 0.5) is 10.1 Å². The van der Waals surface area contributed by atoms with Crippen molar-refractivity contribution in [2.24, 2.45) is 5.92 Å². The number of thiol groups is 1. The topological polar surface area (TPSA) is 40.5 Å². The van der Waals surface area contributed by atoms with E-state index in [1.165, 1.54) is 11.0 Å². The molecular formula is C13H18FNO2S. The molecule has 1 aliphatic rings. The zero-order valence-corrected chi connectivity index (χ0v) is 11.5. The van der Waals surface area contributed by atoms with Crippen molar-refractivity contribution >= 4 is 24.2 Å². The zero-order chi connectivity index (χ0) is 13.7. The molecule has 1 fully saturated rings. The Morgan fingerprint density at radius 2 is 2.17 bits per heavy atom. The second-order valence-corrected chi connectivity index (χ2v) is 4.19. The maximum absolute atomic E-state index is 13.4. The van der Waals surface area contributed by atoms with E-state index in [0.29, 0.717) is 24.2 Å². The van der Waals surface area contributed by atoms with Gasteiger partial charge in [0.25, 0.3) is 0 Å². The van der Waals surface area contributed by atoms with E-state index >= 15 is 0 Å². The van der Waals surface area contributed by atoms with Crippen LogP contribution in [0.1, 0.15) is 12.0 Å². The summed E-state index contributed by atoms with van der Waals surface area (Å²) in [6.45, 7) is 2.15. The third-order valence-electron chi connectivity index (χ3n) is 2.93. The molecule has 1 unspecified atom stereocenters. The minimum atomic E-state index is -0.308. The van der Waals surface area contributed by atoms with Crippen LogP contribution in [-0.4, -0.2) is 30.4 Å². The maximum atomic E-state index is 13.4. The minimum Gasteiger partial charge on any atom is -0.396 e. The van der Waals surface area contributed by atoms with Crippen LogP contribution < -0.4 is 4.90 Å². The number of anilines is 1. The molecule has 1 aliphatic heterocycles. The lowest BCUT2D eigenvalue weighted by Gasteiger charge is -2.16. The summed E-state index contributed by atoms with van der Waals surface area (Å²) < 4.78 is 13.4. The van der Waals surface area contributed by atoms with Crippen LogP contribution in [0.3, 0.4) is 0 Å². The molecule has 5 heteroatoms. The summed E-state index contributed by atoms with van der Waals surface area (Å²) in [6, 6.07) is 4.76. The summed E-state index contributed by atoms with van der Waals surface area (Å²) >= 11 is 3.53. The fourth-order valence-corrected chi connectivity index (χ4v) is 1.90. The molecule has 1 N–H and O–H groups in total. The van der Waals surface area contributed by atoms with Gasteiger partial charge in [0.1, 0.15) is 5.82 Å². The number of aryl methyl sites for hydroxylation is 1. The molecule has 1 aromatic rings. The Morgan fingerprint density at radius 3 is 2.67 bits per heavy atom. The summed E-state index contributed by atoms with van der Waals surface area (Å²) in [4.78, 5) is 13.2. The summed E-state index contributed by atoms with van der Waals surface area (Å²) in [5, 5.41) is 8.99. The van der Waals surface area contributed by atoms with Crippen molar-refractivity contribution in [2.45, 2.75) is 13.3 Å². The number of amides is 1. The quantitative estimate of drug-likeness (QED) is 0.808. The van der Waals surface area contributed by atoms with Crippen molar-refractivity contribution in [3.63, 3.8) is 0 Å². The van der Waals surface area contributed by atoms with Crippen molar-refractivity contribution in [1.29, 1.82) is 0 Å². The van der Waals surface area contributed by atoms with E-state index in [2.05, 4.69) is 12.6 Å². The fraction of sp³-hybridized carbons (Fsp3) is 0.462. The second-order valence-electron chi connectivity index (χ2n) is 4.19. The minimum absolute atomic E-state index is 0.00339. The third kappa shape index (κ3) is 3.23. The molecule has 1 aromatic carbocycles. The van der Waals surface area contributed by atoms with Crippen molar-refractivity contribution < 1.29 is 14.3 Å². The Bertz CT molecular complexity index is 425. The molecule has 0 bridgehead atoms. The monoisotopic (exact) mass is 271 g/mol. The van der Waals surface area contributed by atoms with Gasteiger partial charge in [0, 0.05) is 31.2 Å².